The summed E-state index contributed by atoms with van der Waals surface area (Å²) >= 11 is 5.76. The summed E-state index contributed by atoms with van der Waals surface area (Å²) in [6.07, 6.45) is 0. The summed E-state index contributed by atoms with van der Waals surface area (Å²) in [6, 6.07) is 7.40. The normalized spacial score (nSPS) is 9.64. The van der Waals surface area contributed by atoms with Gasteiger partial charge in [0.15, 0.2) is 0 Å². The van der Waals surface area contributed by atoms with Crippen LogP contribution in [-0.4, -0.2) is 20.2 Å². The number of hydrogen-bond acceptors (Lipinski definition) is 1. The van der Waals surface area contributed by atoms with Crippen LogP contribution in [0.25, 0.3) is 0 Å². The van der Waals surface area contributed by atoms with E-state index in [1.807, 2.05) is 12.1 Å². The third kappa shape index (κ3) is 2.33. The molecule has 0 heterocycles. The van der Waals surface area contributed by atoms with Crippen LogP contribution in [0.4, 0.5) is 0 Å². The van der Waals surface area contributed by atoms with E-state index in [9.17, 15) is 4.79 Å². The van der Waals surface area contributed by atoms with Gasteiger partial charge in [0.25, 0.3) is 0 Å². The SMILES string of the molecule is C[Se]c1ccc(C(=O)Cl)cc1. The van der Waals surface area contributed by atoms with Crippen LogP contribution in [0.3, 0.4) is 0 Å². The summed E-state index contributed by atoms with van der Waals surface area (Å²) in [5, 5.41) is -0.389. The van der Waals surface area contributed by atoms with Gasteiger partial charge in [-0.25, -0.2) is 0 Å². The van der Waals surface area contributed by atoms with Crippen molar-refractivity contribution in [2.24, 2.45) is 0 Å². The van der Waals surface area contributed by atoms with Gasteiger partial charge >= 0.3 is 76.7 Å². The van der Waals surface area contributed by atoms with E-state index < -0.39 is 0 Å². The van der Waals surface area contributed by atoms with E-state index >= 15 is 0 Å². The zero-order valence-electron chi connectivity index (χ0n) is 6.00. The van der Waals surface area contributed by atoms with Crippen LogP contribution in [0, 0.1) is 0 Å². The van der Waals surface area contributed by atoms with Crippen LogP contribution >= 0.6 is 11.6 Å². The van der Waals surface area contributed by atoms with Crippen molar-refractivity contribution in [3.8, 4) is 0 Å². The Hall–Kier alpha value is -0.301. The Balaban J connectivity index is 2.91. The van der Waals surface area contributed by atoms with Gasteiger partial charge in [-0.15, -0.1) is 0 Å². The first-order valence-corrected chi connectivity index (χ1v) is 6.02. The monoisotopic (exact) mass is 234 g/mol. The maximum absolute atomic E-state index is 10.6. The zero-order valence-corrected chi connectivity index (χ0v) is 8.47. The van der Waals surface area contributed by atoms with Gasteiger partial charge < -0.3 is 0 Å². The Morgan fingerprint density at radius 1 is 1.36 bits per heavy atom. The van der Waals surface area contributed by atoms with Crippen molar-refractivity contribution in [3.63, 3.8) is 0 Å². The standard InChI is InChI=1S/C8H7ClOSe/c1-11-7-4-2-6(3-5-7)8(9)10/h2-5H,1H3. The van der Waals surface area contributed by atoms with E-state index in [0.717, 1.165) is 0 Å². The van der Waals surface area contributed by atoms with Gasteiger partial charge in [0.1, 0.15) is 0 Å². The van der Waals surface area contributed by atoms with Gasteiger partial charge in [0.05, 0.1) is 0 Å². The summed E-state index contributed by atoms with van der Waals surface area (Å²) in [5.41, 5.74) is 0.569. The molecule has 0 saturated carbocycles. The first kappa shape index (κ1) is 8.79. The Kier molecular flexibility index (Phi) is 3.13. The van der Waals surface area contributed by atoms with Crippen molar-refractivity contribution in [2.75, 3.05) is 0 Å². The molecule has 0 bridgehead atoms. The third-order valence-electron chi connectivity index (χ3n) is 1.32. The molecule has 1 aromatic carbocycles. The first-order chi connectivity index (χ1) is 5.24. The molecule has 3 heteroatoms. The van der Waals surface area contributed by atoms with Gasteiger partial charge in [-0.05, 0) is 0 Å². The second-order valence-electron chi connectivity index (χ2n) is 2.00. The second-order valence-corrected chi connectivity index (χ2v) is 4.19. The number of benzene rings is 1. The maximum atomic E-state index is 10.6. The predicted molar refractivity (Wildman–Crippen MR) is 47.9 cm³/mol. The molecule has 0 aromatic heterocycles. The third-order valence-corrected chi connectivity index (χ3v) is 3.10. The van der Waals surface area contributed by atoms with Gasteiger partial charge in [-0.2, -0.15) is 0 Å². The Labute approximate surface area is 76.9 Å². The average molecular weight is 234 g/mol. The molecule has 0 saturated heterocycles. The van der Waals surface area contributed by atoms with Crippen molar-refractivity contribution in [1.82, 2.24) is 0 Å². The summed E-state index contributed by atoms with van der Waals surface area (Å²) in [5.74, 6) is 2.13. The van der Waals surface area contributed by atoms with Crippen molar-refractivity contribution in [2.45, 2.75) is 5.82 Å². The number of rotatable bonds is 2. The Morgan fingerprint density at radius 2 is 1.91 bits per heavy atom. The molecule has 1 nitrogen and oxygen atoms in total. The molecule has 0 amide bonds. The van der Waals surface area contributed by atoms with Crippen LogP contribution in [0.5, 0.6) is 0 Å². The van der Waals surface area contributed by atoms with E-state index in [4.69, 9.17) is 11.6 Å². The van der Waals surface area contributed by atoms with Crippen LogP contribution in [-0.2, 0) is 0 Å². The zero-order chi connectivity index (χ0) is 8.27. The van der Waals surface area contributed by atoms with Crippen molar-refractivity contribution >= 4 is 36.3 Å². The van der Waals surface area contributed by atoms with Gasteiger partial charge in [-0.1, -0.05) is 0 Å². The van der Waals surface area contributed by atoms with Crippen LogP contribution in [0.15, 0.2) is 24.3 Å². The fourth-order valence-corrected chi connectivity index (χ4v) is 1.70. The number of halogens is 1. The molecule has 0 unspecified atom stereocenters. The van der Waals surface area contributed by atoms with Gasteiger partial charge in [0, 0.05) is 0 Å². The molecule has 0 N–H and O–H groups in total. The van der Waals surface area contributed by atoms with Crippen molar-refractivity contribution in [1.29, 1.82) is 0 Å². The molecule has 0 radical (unpaired) electrons. The van der Waals surface area contributed by atoms with E-state index in [0.29, 0.717) is 20.5 Å². The summed E-state index contributed by atoms with van der Waals surface area (Å²) in [4.78, 5) is 10.6. The number of carbonyl (C=O) groups is 1. The predicted octanol–water partition coefficient (Wildman–Crippen LogP) is 1.44. The Morgan fingerprint density at radius 3 is 2.27 bits per heavy atom. The minimum atomic E-state index is -0.389. The van der Waals surface area contributed by atoms with Crippen LogP contribution in [0.1, 0.15) is 10.4 Å². The van der Waals surface area contributed by atoms with E-state index in [1.165, 1.54) is 4.46 Å². The molecule has 1 aromatic rings. The number of hydrogen-bond donors (Lipinski definition) is 0. The van der Waals surface area contributed by atoms with E-state index in [2.05, 4.69) is 5.82 Å². The fraction of sp³-hybridized carbons (Fsp3) is 0.125. The minimum absolute atomic E-state index is 0.389. The molecule has 0 fully saturated rings. The summed E-state index contributed by atoms with van der Waals surface area (Å²) in [6.45, 7) is 0. The molecule has 0 aliphatic rings. The molecule has 0 aliphatic carbocycles. The van der Waals surface area contributed by atoms with Gasteiger partial charge in [0.2, 0.25) is 0 Å². The molecular formula is C8H7ClOSe. The van der Waals surface area contributed by atoms with Crippen molar-refractivity contribution in [3.05, 3.63) is 29.8 Å². The van der Waals surface area contributed by atoms with Crippen molar-refractivity contribution < 1.29 is 4.79 Å². The molecular weight excluding hydrogens is 226 g/mol. The molecule has 58 valence electrons. The summed E-state index contributed by atoms with van der Waals surface area (Å²) < 4.78 is 1.28. The Bertz CT molecular complexity index is 255. The fourth-order valence-electron chi connectivity index (χ4n) is 0.722. The molecule has 0 spiro atoms. The average Bonchev–Trinajstić information content (AvgIpc) is 2.05. The van der Waals surface area contributed by atoms with Crippen LogP contribution in [0.2, 0.25) is 5.82 Å². The van der Waals surface area contributed by atoms with E-state index in [1.54, 1.807) is 12.1 Å². The topological polar surface area (TPSA) is 17.1 Å². The molecule has 0 aliphatic heterocycles. The van der Waals surface area contributed by atoms with Gasteiger partial charge in [-0.3, -0.25) is 0 Å². The number of carbonyl (C=O) groups excluding carboxylic acids is 1. The summed E-state index contributed by atoms with van der Waals surface area (Å²) in [7, 11) is 0. The molecule has 0 atom stereocenters. The molecule has 11 heavy (non-hydrogen) atoms. The van der Waals surface area contributed by atoms with E-state index in [-0.39, 0.29) is 5.24 Å². The molecule has 1 rings (SSSR count). The first-order valence-electron chi connectivity index (χ1n) is 3.08. The quantitative estimate of drug-likeness (QED) is 0.558. The second kappa shape index (κ2) is 3.91. The van der Waals surface area contributed by atoms with Crippen LogP contribution < -0.4 is 4.46 Å².